The van der Waals surface area contributed by atoms with Gasteiger partial charge in [0.2, 0.25) is 0 Å². The summed E-state index contributed by atoms with van der Waals surface area (Å²) in [7, 11) is 1.74. The van der Waals surface area contributed by atoms with Crippen LogP contribution in [0.25, 0.3) is 0 Å². The quantitative estimate of drug-likeness (QED) is 0.354. The van der Waals surface area contributed by atoms with Crippen LogP contribution in [0.5, 0.6) is 0 Å². The van der Waals surface area contributed by atoms with Gasteiger partial charge >= 0.3 is 0 Å². The third kappa shape index (κ3) is 7.07. The van der Waals surface area contributed by atoms with Crippen molar-refractivity contribution >= 4 is 23.5 Å². The Morgan fingerprint density at radius 3 is 1.85 bits per heavy atom. The predicted octanol–water partition coefficient (Wildman–Crippen LogP) is 3.56. The van der Waals surface area contributed by atoms with E-state index in [0.717, 1.165) is 11.1 Å². The van der Waals surface area contributed by atoms with E-state index in [4.69, 9.17) is 11.5 Å². The largest absolute Gasteiger partial charge is 0.370 e. The van der Waals surface area contributed by atoms with Gasteiger partial charge in [0.05, 0.1) is 6.54 Å². The summed E-state index contributed by atoms with van der Waals surface area (Å²) in [6.07, 6.45) is 0. The van der Waals surface area contributed by atoms with Crippen molar-refractivity contribution in [1.82, 2.24) is 5.32 Å². The van der Waals surface area contributed by atoms with Crippen molar-refractivity contribution in [3.8, 4) is 0 Å². The number of aliphatic imine (C=N–C) groups is 1. The fourth-order valence-electron chi connectivity index (χ4n) is 3.22. The molecule has 0 bridgehead atoms. The van der Waals surface area contributed by atoms with Gasteiger partial charge in [0, 0.05) is 30.4 Å². The molecule has 0 aromatic heterocycles. The zero-order valence-corrected chi connectivity index (χ0v) is 20.8. The van der Waals surface area contributed by atoms with E-state index in [0.29, 0.717) is 29.9 Å². The Balaban J connectivity index is 2.22. The lowest BCUT2D eigenvalue weighted by Gasteiger charge is -2.27. The van der Waals surface area contributed by atoms with Crippen LogP contribution in [0.2, 0.25) is 0 Å². The Bertz CT molecular complexity index is 992. The van der Waals surface area contributed by atoms with Crippen LogP contribution in [0.15, 0.2) is 47.5 Å². The number of carbonyl (C=O) groups excluding carboxylic acids is 2. The summed E-state index contributed by atoms with van der Waals surface area (Å²) in [5, 5.41) is 2.75. The third-order valence-corrected chi connectivity index (χ3v) is 5.43. The number of guanidine groups is 1. The van der Waals surface area contributed by atoms with Crippen molar-refractivity contribution < 1.29 is 9.59 Å². The lowest BCUT2D eigenvalue weighted by atomic mass is 9.79. The highest BCUT2D eigenvalue weighted by molar-refractivity contribution is 6.06. The van der Waals surface area contributed by atoms with Gasteiger partial charge in [0.1, 0.15) is 0 Å². The van der Waals surface area contributed by atoms with Crippen molar-refractivity contribution in [2.45, 2.75) is 52.4 Å². The standard InChI is InChI=1S/C26H37N5O2/c1-25(2,3)19-14-18(15-20(16-19)26(4,5)6)23(33)31(7)21-10-8-17(9-11-21)22(32)29-12-13-30-24(27)28/h8-11,14-16H,12-13H2,1-7H3,(H,29,32)(H4,27,28,30). The monoisotopic (exact) mass is 451 g/mol. The van der Waals surface area contributed by atoms with Crippen LogP contribution in [0.4, 0.5) is 5.69 Å². The minimum absolute atomic E-state index is 0.0102. The number of nitrogens with one attached hydrogen (secondary N) is 1. The van der Waals surface area contributed by atoms with Crippen LogP contribution in [0, 0.1) is 0 Å². The van der Waals surface area contributed by atoms with Crippen molar-refractivity contribution in [2.24, 2.45) is 16.5 Å². The van der Waals surface area contributed by atoms with E-state index in [1.54, 1.807) is 36.2 Å². The molecule has 0 aliphatic carbocycles. The van der Waals surface area contributed by atoms with Crippen molar-refractivity contribution in [3.05, 3.63) is 64.7 Å². The number of rotatable bonds is 6. The molecule has 7 heteroatoms. The van der Waals surface area contributed by atoms with Gasteiger partial charge in [-0.25, -0.2) is 0 Å². The normalized spacial score (nSPS) is 11.6. The number of nitrogens with zero attached hydrogens (tertiary/aromatic N) is 2. The Hall–Kier alpha value is -3.35. The fourth-order valence-corrected chi connectivity index (χ4v) is 3.22. The fraction of sp³-hybridized carbons (Fsp3) is 0.423. The first-order valence-corrected chi connectivity index (χ1v) is 11.1. The third-order valence-electron chi connectivity index (χ3n) is 5.43. The molecule has 0 atom stereocenters. The molecule has 33 heavy (non-hydrogen) atoms. The zero-order chi connectivity index (χ0) is 25.0. The molecule has 0 aliphatic rings. The van der Waals surface area contributed by atoms with E-state index in [2.05, 4.69) is 57.9 Å². The van der Waals surface area contributed by atoms with Crippen molar-refractivity contribution in [3.63, 3.8) is 0 Å². The molecule has 2 aromatic carbocycles. The van der Waals surface area contributed by atoms with Crippen LogP contribution in [0.1, 0.15) is 73.4 Å². The Morgan fingerprint density at radius 1 is 0.879 bits per heavy atom. The molecule has 0 saturated carbocycles. The van der Waals surface area contributed by atoms with Gasteiger partial charge in [-0.1, -0.05) is 47.6 Å². The number of hydrogen-bond donors (Lipinski definition) is 3. The van der Waals surface area contributed by atoms with Crippen molar-refractivity contribution in [1.29, 1.82) is 0 Å². The molecule has 178 valence electrons. The first-order chi connectivity index (χ1) is 15.2. The van der Waals surface area contributed by atoms with E-state index in [9.17, 15) is 9.59 Å². The SMILES string of the molecule is CN(C(=O)c1cc(C(C)(C)C)cc(C(C)(C)C)c1)c1ccc(C(=O)NCCN=C(N)N)cc1. The highest BCUT2D eigenvalue weighted by atomic mass is 16.2. The summed E-state index contributed by atoms with van der Waals surface area (Å²) in [4.78, 5) is 31.1. The molecular weight excluding hydrogens is 414 g/mol. The molecule has 5 N–H and O–H groups in total. The zero-order valence-electron chi connectivity index (χ0n) is 20.8. The second-order valence-electron chi connectivity index (χ2n) is 10.3. The lowest BCUT2D eigenvalue weighted by Crippen LogP contribution is -2.29. The number of amides is 2. The van der Waals surface area contributed by atoms with Crippen LogP contribution < -0.4 is 21.7 Å². The number of anilines is 1. The molecule has 0 saturated heterocycles. The van der Waals surface area contributed by atoms with E-state index in [1.165, 1.54) is 0 Å². The average molecular weight is 452 g/mol. The summed E-state index contributed by atoms with van der Waals surface area (Å²) in [6, 6.07) is 13.1. The second-order valence-corrected chi connectivity index (χ2v) is 10.3. The minimum Gasteiger partial charge on any atom is -0.370 e. The van der Waals surface area contributed by atoms with E-state index >= 15 is 0 Å². The van der Waals surface area contributed by atoms with Gasteiger partial charge in [-0.05, 0) is 58.4 Å². The van der Waals surface area contributed by atoms with Gasteiger partial charge in [-0.3, -0.25) is 14.6 Å². The molecule has 0 fully saturated rings. The van der Waals surface area contributed by atoms with Gasteiger partial charge in [0.15, 0.2) is 5.96 Å². The van der Waals surface area contributed by atoms with Crippen LogP contribution in [-0.4, -0.2) is 37.9 Å². The maximum Gasteiger partial charge on any atom is 0.258 e. The molecule has 2 rings (SSSR count). The number of nitrogens with two attached hydrogens (primary N) is 2. The molecule has 2 amide bonds. The maximum absolute atomic E-state index is 13.4. The number of hydrogen-bond acceptors (Lipinski definition) is 3. The molecule has 0 spiro atoms. The summed E-state index contributed by atoms with van der Waals surface area (Å²) < 4.78 is 0. The average Bonchev–Trinajstić information content (AvgIpc) is 2.74. The molecular formula is C26H37N5O2. The highest BCUT2D eigenvalue weighted by Gasteiger charge is 2.24. The summed E-state index contributed by atoms with van der Waals surface area (Å²) in [6.45, 7) is 13.5. The Kier molecular flexibility index (Phi) is 7.90. The van der Waals surface area contributed by atoms with Crippen LogP contribution in [0.3, 0.4) is 0 Å². The van der Waals surface area contributed by atoms with E-state index < -0.39 is 0 Å². The van der Waals surface area contributed by atoms with E-state index in [1.807, 2.05) is 12.1 Å². The van der Waals surface area contributed by atoms with Gasteiger partial charge < -0.3 is 21.7 Å². The minimum atomic E-state index is -0.228. The topological polar surface area (TPSA) is 114 Å². The molecule has 2 aromatic rings. The Labute approximate surface area is 197 Å². The number of carbonyl (C=O) groups is 2. The first kappa shape index (κ1) is 25.9. The van der Waals surface area contributed by atoms with Crippen LogP contribution >= 0.6 is 0 Å². The molecule has 0 radical (unpaired) electrons. The van der Waals surface area contributed by atoms with Gasteiger partial charge in [-0.15, -0.1) is 0 Å². The maximum atomic E-state index is 13.4. The molecule has 0 aliphatic heterocycles. The first-order valence-electron chi connectivity index (χ1n) is 11.1. The summed E-state index contributed by atoms with van der Waals surface area (Å²) in [5.74, 6) is -0.334. The summed E-state index contributed by atoms with van der Waals surface area (Å²) >= 11 is 0. The smallest absolute Gasteiger partial charge is 0.258 e. The number of benzene rings is 2. The van der Waals surface area contributed by atoms with Crippen LogP contribution in [-0.2, 0) is 10.8 Å². The van der Waals surface area contributed by atoms with Gasteiger partial charge in [0.25, 0.3) is 11.8 Å². The second kappa shape index (κ2) is 10.1. The summed E-state index contributed by atoms with van der Waals surface area (Å²) in [5.41, 5.74) is 14.5. The molecule has 7 nitrogen and oxygen atoms in total. The van der Waals surface area contributed by atoms with Crippen molar-refractivity contribution in [2.75, 3.05) is 25.0 Å². The predicted molar refractivity (Wildman–Crippen MR) is 136 cm³/mol. The van der Waals surface area contributed by atoms with E-state index in [-0.39, 0.29) is 28.6 Å². The molecule has 0 heterocycles. The van der Waals surface area contributed by atoms with Gasteiger partial charge in [-0.2, -0.15) is 0 Å². The molecule has 0 unspecified atom stereocenters. The highest BCUT2D eigenvalue weighted by Crippen LogP contribution is 2.31. The lowest BCUT2D eigenvalue weighted by molar-refractivity contribution is 0.0953. The Morgan fingerprint density at radius 2 is 1.39 bits per heavy atom.